The lowest BCUT2D eigenvalue weighted by molar-refractivity contribution is -0.146. The van der Waals surface area contributed by atoms with Gasteiger partial charge in [-0.2, -0.15) is 0 Å². The fourth-order valence-electron chi connectivity index (χ4n) is 2.83. The van der Waals surface area contributed by atoms with Crippen LogP contribution in [0, 0.1) is 5.92 Å². The monoisotopic (exact) mass is 288 g/mol. The van der Waals surface area contributed by atoms with Gasteiger partial charge in [0.25, 0.3) is 5.91 Å². The molecule has 6 nitrogen and oxygen atoms in total. The first-order valence-corrected chi connectivity index (χ1v) is 6.94. The van der Waals surface area contributed by atoms with Crippen LogP contribution in [0.25, 0.3) is 0 Å². The molecule has 21 heavy (non-hydrogen) atoms. The van der Waals surface area contributed by atoms with Crippen molar-refractivity contribution >= 4 is 17.8 Å². The van der Waals surface area contributed by atoms with Crippen LogP contribution in [0.4, 0.5) is 0 Å². The maximum atomic E-state index is 12.1. The minimum Gasteiger partial charge on any atom is -0.481 e. The Labute approximate surface area is 121 Å². The highest BCUT2D eigenvalue weighted by Gasteiger charge is 2.36. The van der Waals surface area contributed by atoms with E-state index in [1.54, 1.807) is 12.1 Å². The van der Waals surface area contributed by atoms with E-state index in [-0.39, 0.29) is 30.3 Å². The number of nitrogens with zero attached hydrogens (tertiary/aromatic N) is 1. The smallest absolute Gasteiger partial charge is 0.306 e. The number of amides is 2. The van der Waals surface area contributed by atoms with Crippen molar-refractivity contribution in [2.24, 2.45) is 5.92 Å². The second-order valence-electron chi connectivity index (χ2n) is 5.59. The molecule has 0 unspecified atom stereocenters. The molecule has 1 saturated carbocycles. The van der Waals surface area contributed by atoms with Crippen LogP contribution in [0.1, 0.15) is 28.8 Å². The van der Waals surface area contributed by atoms with E-state index in [9.17, 15) is 14.4 Å². The molecule has 1 heterocycles. The highest BCUT2D eigenvalue weighted by Crippen LogP contribution is 2.27. The molecule has 0 aromatic heterocycles. The van der Waals surface area contributed by atoms with E-state index in [2.05, 4.69) is 5.32 Å². The largest absolute Gasteiger partial charge is 0.481 e. The maximum Gasteiger partial charge on any atom is 0.306 e. The highest BCUT2D eigenvalue weighted by molar-refractivity contribution is 6.00. The van der Waals surface area contributed by atoms with Crippen molar-refractivity contribution in [2.75, 3.05) is 6.54 Å². The minimum atomic E-state index is -0.814. The molecular formula is C15H16N2O4. The number of rotatable bonds is 4. The SMILES string of the molecule is O=C(CN1Cc2ccccc2C1=O)NC1CC(C(=O)O)C1. The standard InChI is InChI=1S/C15H16N2O4/c18-13(16-11-5-10(6-11)15(20)21)8-17-7-9-3-1-2-4-12(9)14(17)19/h1-4,10-11H,5-8H2,(H,16,18)(H,20,21). The Kier molecular flexibility index (Phi) is 3.37. The van der Waals surface area contributed by atoms with Gasteiger partial charge in [0.05, 0.1) is 5.92 Å². The summed E-state index contributed by atoms with van der Waals surface area (Å²) in [6.07, 6.45) is 0.935. The van der Waals surface area contributed by atoms with Gasteiger partial charge in [-0.05, 0) is 24.5 Å². The molecule has 1 aromatic carbocycles. The van der Waals surface area contributed by atoms with Crippen molar-refractivity contribution < 1.29 is 19.5 Å². The maximum absolute atomic E-state index is 12.1. The molecular weight excluding hydrogens is 272 g/mol. The van der Waals surface area contributed by atoms with E-state index < -0.39 is 5.97 Å². The minimum absolute atomic E-state index is 0.0156. The van der Waals surface area contributed by atoms with Crippen molar-refractivity contribution in [3.8, 4) is 0 Å². The van der Waals surface area contributed by atoms with Crippen LogP contribution in [0.15, 0.2) is 24.3 Å². The number of benzene rings is 1. The number of carbonyl (C=O) groups excluding carboxylic acids is 2. The highest BCUT2D eigenvalue weighted by atomic mass is 16.4. The van der Waals surface area contributed by atoms with Gasteiger partial charge in [0, 0.05) is 18.2 Å². The summed E-state index contributed by atoms with van der Waals surface area (Å²) in [5.41, 5.74) is 1.59. The van der Waals surface area contributed by atoms with Gasteiger partial charge < -0.3 is 15.3 Å². The number of hydrogen-bond donors (Lipinski definition) is 2. The molecule has 1 aliphatic heterocycles. The van der Waals surface area contributed by atoms with Gasteiger partial charge in [-0.1, -0.05) is 18.2 Å². The van der Waals surface area contributed by atoms with Gasteiger partial charge >= 0.3 is 5.97 Å². The number of aliphatic carboxylic acids is 1. The summed E-state index contributed by atoms with van der Waals surface area (Å²) in [5.74, 6) is -1.53. The van der Waals surface area contributed by atoms with E-state index in [4.69, 9.17) is 5.11 Å². The van der Waals surface area contributed by atoms with Gasteiger partial charge in [0.15, 0.2) is 0 Å². The third-order valence-corrected chi connectivity index (χ3v) is 4.08. The number of fused-ring (bicyclic) bond motifs is 1. The zero-order chi connectivity index (χ0) is 15.0. The summed E-state index contributed by atoms with van der Waals surface area (Å²) in [7, 11) is 0. The predicted octanol–water partition coefficient (Wildman–Crippen LogP) is 0.622. The summed E-state index contributed by atoms with van der Waals surface area (Å²) in [4.78, 5) is 36.2. The molecule has 110 valence electrons. The second kappa shape index (κ2) is 5.20. The van der Waals surface area contributed by atoms with Crippen molar-refractivity contribution in [3.63, 3.8) is 0 Å². The molecule has 1 aromatic rings. The summed E-state index contributed by atoms with van der Waals surface area (Å²) in [6, 6.07) is 7.24. The molecule has 2 amide bonds. The van der Waals surface area contributed by atoms with Crippen LogP contribution in [-0.2, 0) is 16.1 Å². The quantitative estimate of drug-likeness (QED) is 0.850. The average molecular weight is 288 g/mol. The van der Waals surface area contributed by atoms with Crippen molar-refractivity contribution in [1.29, 1.82) is 0 Å². The average Bonchev–Trinajstić information content (AvgIpc) is 2.70. The number of carboxylic acid groups (broad SMARTS) is 1. The van der Waals surface area contributed by atoms with Crippen LogP contribution in [0.5, 0.6) is 0 Å². The Hall–Kier alpha value is -2.37. The molecule has 2 N–H and O–H groups in total. The first kappa shape index (κ1) is 13.6. The van der Waals surface area contributed by atoms with Crippen LogP contribution in [0.2, 0.25) is 0 Å². The zero-order valence-corrected chi connectivity index (χ0v) is 11.4. The van der Waals surface area contributed by atoms with Crippen LogP contribution < -0.4 is 5.32 Å². The molecule has 0 bridgehead atoms. The van der Waals surface area contributed by atoms with Gasteiger partial charge in [-0.25, -0.2) is 0 Å². The molecule has 3 rings (SSSR count). The molecule has 0 saturated heterocycles. The van der Waals surface area contributed by atoms with Crippen molar-refractivity contribution in [2.45, 2.75) is 25.4 Å². The molecule has 0 radical (unpaired) electrons. The Bertz CT molecular complexity index is 607. The van der Waals surface area contributed by atoms with Gasteiger partial charge in [-0.3, -0.25) is 14.4 Å². The van der Waals surface area contributed by atoms with Gasteiger partial charge in [-0.15, -0.1) is 0 Å². The Morgan fingerprint density at radius 1 is 1.29 bits per heavy atom. The third-order valence-electron chi connectivity index (χ3n) is 4.08. The molecule has 2 aliphatic rings. The fraction of sp³-hybridized carbons (Fsp3) is 0.400. The van der Waals surface area contributed by atoms with Crippen LogP contribution >= 0.6 is 0 Å². The molecule has 0 spiro atoms. The lowest BCUT2D eigenvalue weighted by Crippen LogP contribution is -2.49. The lowest BCUT2D eigenvalue weighted by atomic mass is 9.80. The second-order valence-corrected chi connectivity index (χ2v) is 5.59. The lowest BCUT2D eigenvalue weighted by Gasteiger charge is -2.33. The number of hydrogen-bond acceptors (Lipinski definition) is 3. The summed E-state index contributed by atoms with van der Waals surface area (Å²) < 4.78 is 0. The van der Waals surface area contributed by atoms with Crippen LogP contribution in [0.3, 0.4) is 0 Å². The summed E-state index contributed by atoms with van der Waals surface area (Å²) >= 11 is 0. The topological polar surface area (TPSA) is 86.7 Å². The summed E-state index contributed by atoms with van der Waals surface area (Å²) in [6.45, 7) is 0.465. The van der Waals surface area contributed by atoms with Crippen molar-refractivity contribution in [1.82, 2.24) is 10.2 Å². The van der Waals surface area contributed by atoms with Gasteiger partial charge in [0.1, 0.15) is 6.54 Å². The van der Waals surface area contributed by atoms with Crippen molar-refractivity contribution in [3.05, 3.63) is 35.4 Å². The molecule has 6 heteroatoms. The third kappa shape index (κ3) is 2.61. The van der Waals surface area contributed by atoms with E-state index in [0.717, 1.165) is 5.56 Å². The number of carbonyl (C=O) groups is 3. The van der Waals surface area contributed by atoms with E-state index >= 15 is 0 Å². The van der Waals surface area contributed by atoms with Crippen LogP contribution in [-0.4, -0.2) is 40.4 Å². The Balaban J connectivity index is 1.51. The van der Waals surface area contributed by atoms with Gasteiger partial charge in [0.2, 0.25) is 5.91 Å². The molecule has 1 aliphatic carbocycles. The first-order chi connectivity index (χ1) is 10.0. The summed E-state index contributed by atoms with van der Waals surface area (Å²) in [5, 5.41) is 11.6. The Morgan fingerprint density at radius 2 is 2.00 bits per heavy atom. The zero-order valence-electron chi connectivity index (χ0n) is 11.4. The molecule has 1 fully saturated rings. The Morgan fingerprint density at radius 3 is 2.67 bits per heavy atom. The number of carboxylic acids is 1. The molecule has 0 atom stereocenters. The van der Waals surface area contributed by atoms with E-state index in [0.29, 0.717) is 24.9 Å². The van der Waals surface area contributed by atoms with E-state index in [1.165, 1.54) is 4.90 Å². The predicted molar refractivity (Wildman–Crippen MR) is 73.5 cm³/mol. The van der Waals surface area contributed by atoms with E-state index in [1.807, 2.05) is 12.1 Å². The normalized spacial score (nSPS) is 23.4. The fourth-order valence-corrected chi connectivity index (χ4v) is 2.83. The first-order valence-electron chi connectivity index (χ1n) is 6.94. The number of nitrogens with one attached hydrogen (secondary N) is 1.